The Morgan fingerprint density at radius 1 is 0.274 bits per heavy atom. The van der Waals surface area contributed by atoms with Crippen molar-refractivity contribution in [1.82, 2.24) is 0 Å². The van der Waals surface area contributed by atoms with Crippen molar-refractivity contribution in [2.45, 2.75) is 478 Å². The molecule has 0 aliphatic carbocycles. The molecule has 0 radical (unpaired) electrons. The minimum Gasteiger partial charge on any atom is -0.462 e. The number of unbranched alkanes of at least 4 members (excludes halogenated alkanes) is 51. The molecule has 0 saturated carbocycles. The van der Waals surface area contributed by atoms with Crippen LogP contribution in [0, 0.1) is 17.8 Å². The summed E-state index contributed by atoms with van der Waals surface area (Å²) in [5, 5.41) is 10.7. The summed E-state index contributed by atoms with van der Waals surface area (Å²) in [5.41, 5.74) is 0. The van der Waals surface area contributed by atoms with Crippen LogP contribution in [0.15, 0.2) is 0 Å². The average molecular weight is 1550 g/mol. The van der Waals surface area contributed by atoms with Gasteiger partial charge in [0.1, 0.15) is 19.3 Å². The molecular formula is C87H170O17P2. The van der Waals surface area contributed by atoms with E-state index in [0.29, 0.717) is 25.7 Å². The van der Waals surface area contributed by atoms with E-state index < -0.39 is 97.5 Å². The quantitative estimate of drug-likeness (QED) is 0.0222. The molecule has 630 valence electrons. The summed E-state index contributed by atoms with van der Waals surface area (Å²) < 4.78 is 68.9. The Kier molecular flexibility index (Phi) is 75.6. The van der Waals surface area contributed by atoms with Crippen molar-refractivity contribution < 1.29 is 80.2 Å². The maximum atomic E-state index is 13.2. The van der Waals surface area contributed by atoms with Gasteiger partial charge in [0.15, 0.2) is 12.2 Å². The second-order valence-corrected chi connectivity index (χ2v) is 35.1. The van der Waals surface area contributed by atoms with Gasteiger partial charge in [0.2, 0.25) is 0 Å². The summed E-state index contributed by atoms with van der Waals surface area (Å²) in [6.07, 6.45) is 67.9. The van der Waals surface area contributed by atoms with Gasteiger partial charge in [-0.15, -0.1) is 0 Å². The van der Waals surface area contributed by atoms with E-state index in [9.17, 15) is 43.2 Å². The van der Waals surface area contributed by atoms with Crippen molar-refractivity contribution in [3.8, 4) is 0 Å². The first-order chi connectivity index (χ1) is 51.3. The number of aliphatic hydroxyl groups is 1. The Morgan fingerprint density at radius 3 is 0.717 bits per heavy atom. The lowest BCUT2D eigenvalue weighted by atomic mass is 9.99. The van der Waals surface area contributed by atoms with Gasteiger partial charge in [-0.05, 0) is 43.4 Å². The van der Waals surface area contributed by atoms with E-state index >= 15 is 0 Å². The monoisotopic (exact) mass is 1550 g/mol. The summed E-state index contributed by atoms with van der Waals surface area (Å²) >= 11 is 0. The number of hydrogen-bond donors (Lipinski definition) is 3. The van der Waals surface area contributed by atoms with Crippen molar-refractivity contribution in [1.29, 1.82) is 0 Å². The fourth-order valence-electron chi connectivity index (χ4n) is 13.5. The Bertz CT molecular complexity index is 2050. The number of phosphoric ester groups is 2. The van der Waals surface area contributed by atoms with E-state index in [0.717, 1.165) is 108 Å². The molecule has 3 N–H and O–H groups in total. The molecule has 0 rings (SSSR count). The lowest BCUT2D eigenvalue weighted by molar-refractivity contribution is -0.161. The molecule has 106 heavy (non-hydrogen) atoms. The number of phosphoric acid groups is 2. The van der Waals surface area contributed by atoms with Crippen molar-refractivity contribution >= 4 is 39.5 Å². The van der Waals surface area contributed by atoms with Crippen LogP contribution >= 0.6 is 15.6 Å². The van der Waals surface area contributed by atoms with Crippen LogP contribution in [0.2, 0.25) is 0 Å². The molecule has 7 atom stereocenters. The molecule has 0 aromatic carbocycles. The summed E-state index contributed by atoms with van der Waals surface area (Å²) in [6, 6.07) is 0. The second-order valence-electron chi connectivity index (χ2n) is 32.2. The third-order valence-electron chi connectivity index (χ3n) is 21.1. The van der Waals surface area contributed by atoms with Crippen molar-refractivity contribution in [3.63, 3.8) is 0 Å². The molecule has 0 aliphatic heterocycles. The van der Waals surface area contributed by atoms with E-state index in [-0.39, 0.29) is 25.7 Å². The van der Waals surface area contributed by atoms with Gasteiger partial charge in [-0.1, -0.05) is 408 Å². The van der Waals surface area contributed by atoms with E-state index in [1.54, 1.807) is 0 Å². The van der Waals surface area contributed by atoms with Gasteiger partial charge in [0.25, 0.3) is 0 Å². The van der Waals surface area contributed by atoms with Crippen LogP contribution in [0.5, 0.6) is 0 Å². The molecule has 0 aliphatic rings. The minimum absolute atomic E-state index is 0.107. The van der Waals surface area contributed by atoms with Crippen molar-refractivity contribution in [2.24, 2.45) is 17.8 Å². The Balaban J connectivity index is 5.24. The highest BCUT2D eigenvalue weighted by Crippen LogP contribution is 2.45. The molecule has 0 aromatic heterocycles. The van der Waals surface area contributed by atoms with Gasteiger partial charge in [-0.3, -0.25) is 37.3 Å². The highest BCUT2D eigenvalue weighted by atomic mass is 31.2. The molecule has 4 unspecified atom stereocenters. The van der Waals surface area contributed by atoms with E-state index in [4.69, 9.17) is 37.0 Å². The predicted octanol–water partition coefficient (Wildman–Crippen LogP) is 26.5. The molecule has 0 amide bonds. The molecule has 0 spiro atoms. The standard InChI is InChI=1S/C87H170O17P2/c1-8-11-12-13-14-15-16-27-35-40-49-56-63-70-86(91)104-83(75-98-85(90)69-62-55-48-43-42-46-53-60-67-80(7)10-3)77-102-106(95,96)100-73-81(88)72-99-105(93,94)101-76-82(74-97-84(89)68-61-54-47-39-34-30-25-22-21-23-28-32-37-44-51-58-65-78(4)5)103-87(92)71-64-57-50-41-36-31-26-20-18-17-19-24-29-33-38-45-52-59-66-79(6)9-2/h78-83,88H,8-77H2,1-7H3,(H,93,94)(H,95,96)/t79?,80?,81-,82-,83-/m1/s1. The number of rotatable bonds is 85. The van der Waals surface area contributed by atoms with Crippen LogP contribution in [0.25, 0.3) is 0 Å². The Morgan fingerprint density at radius 2 is 0.481 bits per heavy atom. The summed E-state index contributed by atoms with van der Waals surface area (Å²) in [6.45, 7) is 12.1. The van der Waals surface area contributed by atoms with E-state index in [1.165, 1.54) is 270 Å². The van der Waals surface area contributed by atoms with Crippen LogP contribution in [0.3, 0.4) is 0 Å². The number of esters is 4. The van der Waals surface area contributed by atoms with Gasteiger partial charge in [-0.25, -0.2) is 9.13 Å². The molecule has 0 saturated heterocycles. The summed E-state index contributed by atoms with van der Waals surface area (Å²) in [4.78, 5) is 73.3. The van der Waals surface area contributed by atoms with Crippen molar-refractivity contribution in [3.05, 3.63) is 0 Å². The van der Waals surface area contributed by atoms with Crippen LogP contribution in [-0.4, -0.2) is 96.7 Å². The number of aliphatic hydroxyl groups excluding tert-OH is 1. The van der Waals surface area contributed by atoms with Gasteiger partial charge < -0.3 is 33.8 Å². The molecule has 17 nitrogen and oxygen atoms in total. The van der Waals surface area contributed by atoms with E-state index in [1.807, 2.05) is 0 Å². The first kappa shape index (κ1) is 104. The zero-order valence-electron chi connectivity index (χ0n) is 69.9. The molecule has 0 heterocycles. The van der Waals surface area contributed by atoms with E-state index in [2.05, 4.69) is 48.5 Å². The third kappa shape index (κ3) is 77.4. The highest BCUT2D eigenvalue weighted by Gasteiger charge is 2.31. The minimum atomic E-state index is -4.97. The van der Waals surface area contributed by atoms with Crippen molar-refractivity contribution in [2.75, 3.05) is 39.6 Å². The molecule has 0 fully saturated rings. The number of carbonyl (C=O) groups is 4. The average Bonchev–Trinajstić information content (AvgIpc) is 0.903. The van der Waals surface area contributed by atoms with Gasteiger partial charge in [0.05, 0.1) is 26.4 Å². The molecule has 19 heteroatoms. The molecule has 0 aromatic rings. The van der Waals surface area contributed by atoms with Crippen LogP contribution in [0.4, 0.5) is 0 Å². The van der Waals surface area contributed by atoms with Crippen LogP contribution in [-0.2, 0) is 65.4 Å². The Hall–Kier alpha value is -1.94. The largest absolute Gasteiger partial charge is 0.472 e. The first-order valence-corrected chi connectivity index (χ1v) is 47.9. The highest BCUT2D eigenvalue weighted by molar-refractivity contribution is 7.47. The zero-order valence-corrected chi connectivity index (χ0v) is 71.7. The fraction of sp³-hybridized carbons (Fsp3) is 0.954. The van der Waals surface area contributed by atoms with Gasteiger partial charge in [0, 0.05) is 25.7 Å². The molecule has 0 bridgehead atoms. The van der Waals surface area contributed by atoms with Gasteiger partial charge in [-0.2, -0.15) is 0 Å². The normalized spacial score (nSPS) is 14.4. The van der Waals surface area contributed by atoms with Crippen LogP contribution in [0.1, 0.15) is 459 Å². The maximum Gasteiger partial charge on any atom is 0.472 e. The second kappa shape index (κ2) is 77.0. The summed E-state index contributed by atoms with van der Waals surface area (Å²) in [5.74, 6) is 0.359. The zero-order chi connectivity index (χ0) is 77.9. The number of carbonyl (C=O) groups excluding carboxylic acids is 4. The topological polar surface area (TPSA) is 237 Å². The first-order valence-electron chi connectivity index (χ1n) is 44.9. The maximum absolute atomic E-state index is 13.2. The lowest BCUT2D eigenvalue weighted by Gasteiger charge is -2.21. The molecular weight excluding hydrogens is 1380 g/mol. The van der Waals surface area contributed by atoms with Crippen LogP contribution < -0.4 is 0 Å². The Labute approximate surface area is 651 Å². The summed E-state index contributed by atoms with van der Waals surface area (Å²) in [7, 11) is -9.93. The SMILES string of the molecule is CCCCCCCCCCCCCCCC(=O)O[C@H](COC(=O)CCCCCCCCCCC(C)CC)COP(=O)(O)OC[C@H](O)COP(=O)(O)OC[C@@H](COC(=O)CCCCCCCCCCCCCCCCCCC(C)C)OC(=O)CCCCCCCCCCCCCCCCCCCCC(C)CC. The smallest absolute Gasteiger partial charge is 0.462 e. The third-order valence-corrected chi connectivity index (χ3v) is 23.0. The number of ether oxygens (including phenoxy) is 4. The fourth-order valence-corrected chi connectivity index (χ4v) is 15.1. The predicted molar refractivity (Wildman–Crippen MR) is 437 cm³/mol. The lowest BCUT2D eigenvalue weighted by Crippen LogP contribution is -2.30. The number of hydrogen-bond acceptors (Lipinski definition) is 15. The van der Waals surface area contributed by atoms with Gasteiger partial charge >= 0.3 is 39.5 Å².